The Morgan fingerprint density at radius 3 is 2.38 bits per heavy atom. The van der Waals surface area contributed by atoms with Crippen molar-refractivity contribution in [2.45, 2.75) is 27.7 Å². The van der Waals surface area contributed by atoms with Gasteiger partial charge in [-0.1, -0.05) is 32.0 Å². The zero-order valence-corrected chi connectivity index (χ0v) is 15.5. The standard InChI is InChI=1S/C21H23N3O2/c1-13(2)12-26-21(25)19-20(22-16-10-9-14(3)15(4)11-16)24-18-8-6-5-7-17(18)23-19/h5-11,13H,12H2,1-4H3,(H,22,24). The molecule has 0 saturated heterocycles. The number of aromatic nitrogens is 2. The monoisotopic (exact) mass is 349 g/mol. The summed E-state index contributed by atoms with van der Waals surface area (Å²) in [5.74, 6) is 0.188. The number of hydrogen-bond donors (Lipinski definition) is 1. The lowest BCUT2D eigenvalue weighted by atomic mass is 10.1. The second-order valence-corrected chi connectivity index (χ2v) is 6.83. The summed E-state index contributed by atoms with van der Waals surface area (Å²) in [6.07, 6.45) is 0. The van der Waals surface area contributed by atoms with E-state index in [0.717, 1.165) is 16.8 Å². The summed E-state index contributed by atoms with van der Waals surface area (Å²) in [5, 5.41) is 3.23. The highest BCUT2D eigenvalue weighted by Gasteiger charge is 2.19. The predicted molar refractivity (Wildman–Crippen MR) is 104 cm³/mol. The van der Waals surface area contributed by atoms with Crippen molar-refractivity contribution in [1.82, 2.24) is 9.97 Å². The number of nitrogens with zero attached hydrogens (tertiary/aromatic N) is 2. The van der Waals surface area contributed by atoms with E-state index >= 15 is 0 Å². The number of anilines is 2. The van der Waals surface area contributed by atoms with Crippen molar-refractivity contribution in [1.29, 1.82) is 0 Å². The van der Waals surface area contributed by atoms with Gasteiger partial charge in [0.1, 0.15) is 0 Å². The third-order valence-electron chi connectivity index (χ3n) is 4.08. The lowest BCUT2D eigenvalue weighted by Crippen LogP contribution is -2.15. The van der Waals surface area contributed by atoms with E-state index < -0.39 is 5.97 Å². The van der Waals surface area contributed by atoms with Crippen LogP contribution in [0.5, 0.6) is 0 Å². The number of nitrogens with one attached hydrogen (secondary N) is 1. The number of rotatable bonds is 5. The Kier molecular flexibility index (Phi) is 5.16. The summed E-state index contributed by atoms with van der Waals surface area (Å²) in [6.45, 7) is 8.44. The molecule has 26 heavy (non-hydrogen) atoms. The molecular weight excluding hydrogens is 326 g/mol. The molecule has 0 aliphatic heterocycles. The highest BCUT2D eigenvalue weighted by molar-refractivity contribution is 5.96. The van der Waals surface area contributed by atoms with Crippen LogP contribution in [0.25, 0.3) is 11.0 Å². The summed E-state index contributed by atoms with van der Waals surface area (Å²) < 4.78 is 5.38. The van der Waals surface area contributed by atoms with E-state index in [1.807, 2.05) is 63.2 Å². The Hall–Kier alpha value is -2.95. The SMILES string of the molecule is Cc1ccc(Nc2nc3ccccc3nc2C(=O)OCC(C)C)cc1C. The molecule has 0 bridgehead atoms. The molecule has 0 aliphatic rings. The molecule has 1 N–H and O–H groups in total. The molecule has 1 heterocycles. The number of ether oxygens (including phenoxy) is 1. The normalized spacial score (nSPS) is 11.0. The smallest absolute Gasteiger partial charge is 0.360 e. The summed E-state index contributed by atoms with van der Waals surface area (Å²) >= 11 is 0. The third-order valence-corrected chi connectivity index (χ3v) is 4.08. The molecule has 0 radical (unpaired) electrons. The molecule has 3 rings (SSSR count). The number of carbonyl (C=O) groups is 1. The maximum absolute atomic E-state index is 12.6. The van der Waals surface area contributed by atoms with Gasteiger partial charge in [0.2, 0.25) is 0 Å². The second kappa shape index (κ2) is 7.52. The van der Waals surface area contributed by atoms with Gasteiger partial charge in [0, 0.05) is 5.69 Å². The number of para-hydroxylation sites is 2. The number of benzene rings is 2. The van der Waals surface area contributed by atoms with Crippen LogP contribution in [0.1, 0.15) is 35.5 Å². The van der Waals surface area contributed by atoms with Gasteiger partial charge in [-0.3, -0.25) is 0 Å². The minimum atomic E-state index is -0.469. The van der Waals surface area contributed by atoms with Gasteiger partial charge in [0.05, 0.1) is 17.6 Å². The molecule has 134 valence electrons. The second-order valence-electron chi connectivity index (χ2n) is 6.83. The van der Waals surface area contributed by atoms with E-state index in [4.69, 9.17) is 4.74 Å². The summed E-state index contributed by atoms with van der Waals surface area (Å²) in [6, 6.07) is 13.5. The first kappa shape index (κ1) is 17.9. The van der Waals surface area contributed by atoms with Gasteiger partial charge in [-0.05, 0) is 55.2 Å². The van der Waals surface area contributed by atoms with E-state index in [1.54, 1.807) is 0 Å². The molecule has 0 amide bonds. The van der Waals surface area contributed by atoms with Crippen LogP contribution in [-0.2, 0) is 4.74 Å². The summed E-state index contributed by atoms with van der Waals surface area (Å²) in [7, 11) is 0. The molecular formula is C21H23N3O2. The summed E-state index contributed by atoms with van der Waals surface area (Å²) in [5.41, 5.74) is 4.80. The maximum Gasteiger partial charge on any atom is 0.360 e. The average Bonchev–Trinajstić information content (AvgIpc) is 2.62. The molecule has 0 aliphatic carbocycles. The molecule has 1 aromatic heterocycles. The Morgan fingerprint density at radius 1 is 1.04 bits per heavy atom. The van der Waals surface area contributed by atoms with E-state index in [0.29, 0.717) is 17.9 Å². The van der Waals surface area contributed by atoms with Crippen LogP contribution in [0, 0.1) is 19.8 Å². The van der Waals surface area contributed by atoms with Crippen molar-refractivity contribution in [3.63, 3.8) is 0 Å². The minimum absolute atomic E-state index is 0.197. The molecule has 5 heteroatoms. The molecule has 0 atom stereocenters. The van der Waals surface area contributed by atoms with Crippen molar-refractivity contribution >= 4 is 28.5 Å². The minimum Gasteiger partial charge on any atom is -0.461 e. The van der Waals surface area contributed by atoms with Crippen molar-refractivity contribution in [3.05, 3.63) is 59.3 Å². The van der Waals surface area contributed by atoms with Crippen LogP contribution in [0.2, 0.25) is 0 Å². The first-order chi connectivity index (χ1) is 12.4. The average molecular weight is 349 g/mol. The fraction of sp³-hybridized carbons (Fsp3) is 0.286. The first-order valence-electron chi connectivity index (χ1n) is 8.72. The third kappa shape index (κ3) is 3.99. The van der Waals surface area contributed by atoms with Gasteiger partial charge in [-0.25, -0.2) is 14.8 Å². The fourth-order valence-corrected chi connectivity index (χ4v) is 2.50. The highest BCUT2D eigenvalue weighted by Crippen LogP contribution is 2.23. The summed E-state index contributed by atoms with van der Waals surface area (Å²) in [4.78, 5) is 21.6. The van der Waals surface area contributed by atoms with Crippen molar-refractivity contribution < 1.29 is 9.53 Å². The van der Waals surface area contributed by atoms with Crippen LogP contribution in [0.15, 0.2) is 42.5 Å². The Morgan fingerprint density at radius 2 is 1.73 bits per heavy atom. The van der Waals surface area contributed by atoms with Gasteiger partial charge >= 0.3 is 5.97 Å². The Bertz CT molecular complexity index is 951. The van der Waals surface area contributed by atoms with Crippen LogP contribution in [0.4, 0.5) is 11.5 Å². The fourth-order valence-electron chi connectivity index (χ4n) is 2.50. The predicted octanol–water partition coefficient (Wildman–Crippen LogP) is 4.80. The van der Waals surface area contributed by atoms with E-state index in [2.05, 4.69) is 22.2 Å². The zero-order valence-electron chi connectivity index (χ0n) is 15.5. The topological polar surface area (TPSA) is 64.1 Å². The van der Waals surface area contributed by atoms with E-state index in [1.165, 1.54) is 5.56 Å². The van der Waals surface area contributed by atoms with Crippen molar-refractivity contribution in [2.75, 3.05) is 11.9 Å². The lowest BCUT2D eigenvalue weighted by molar-refractivity contribution is 0.0453. The van der Waals surface area contributed by atoms with Gasteiger partial charge in [-0.2, -0.15) is 0 Å². The van der Waals surface area contributed by atoms with Crippen LogP contribution in [-0.4, -0.2) is 22.5 Å². The highest BCUT2D eigenvalue weighted by atomic mass is 16.5. The Balaban J connectivity index is 2.01. The number of fused-ring (bicyclic) bond motifs is 1. The largest absolute Gasteiger partial charge is 0.461 e. The number of hydrogen-bond acceptors (Lipinski definition) is 5. The van der Waals surface area contributed by atoms with Gasteiger partial charge in [0.25, 0.3) is 0 Å². The first-order valence-corrected chi connectivity index (χ1v) is 8.72. The van der Waals surface area contributed by atoms with E-state index in [9.17, 15) is 4.79 Å². The molecule has 5 nitrogen and oxygen atoms in total. The quantitative estimate of drug-likeness (QED) is 0.670. The number of carbonyl (C=O) groups excluding carboxylic acids is 1. The van der Waals surface area contributed by atoms with Crippen molar-refractivity contribution in [3.8, 4) is 0 Å². The lowest BCUT2D eigenvalue weighted by Gasteiger charge is -2.13. The molecule has 0 spiro atoms. The van der Waals surface area contributed by atoms with Crippen molar-refractivity contribution in [2.24, 2.45) is 5.92 Å². The molecule has 2 aromatic carbocycles. The van der Waals surface area contributed by atoms with Gasteiger partial charge in [-0.15, -0.1) is 0 Å². The Labute approximate surface area is 153 Å². The molecule has 3 aromatic rings. The number of aryl methyl sites for hydroxylation is 2. The van der Waals surface area contributed by atoms with Crippen LogP contribution >= 0.6 is 0 Å². The van der Waals surface area contributed by atoms with Gasteiger partial charge in [0.15, 0.2) is 11.5 Å². The number of esters is 1. The molecule has 0 saturated carbocycles. The molecule has 0 fully saturated rings. The van der Waals surface area contributed by atoms with E-state index in [-0.39, 0.29) is 11.6 Å². The maximum atomic E-state index is 12.6. The zero-order chi connectivity index (χ0) is 18.7. The van der Waals surface area contributed by atoms with Crippen LogP contribution in [0.3, 0.4) is 0 Å². The van der Waals surface area contributed by atoms with Gasteiger partial charge < -0.3 is 10.1 Å². The van der Waals surface area contributed by atoms with Crippen LogP contribution < -0.4 is 5.32 Å². The molecule has 0 unspecified atom stereocenters.